The normalized spacial score (nSPS) is 10.7. The highest BCUT2D eigenvalue weighted by atomic mass is 16.3. The molecule has 0 unspecified atom stereocenters. The van der Waals surface area contributed by atoms with Gasteiger partial charge < -0.3 is 15.7 Å². The average Bonchev–Trinajstić information content (AvgIpc) is 2.31. The summed E-state index contributed by atoms with van der Waals surface area (Å²) >= 11 is 0. The Morgan fingerprint density at radius 2 is 2.11 bits per heavy atom. The van der Waals surface area contributed by atoms with Crippen molar-refractivity contribution >= 4 is 5.91 Å². The third-order valence-corrected chi connectivity index (χ3v) is 2.54. The third kappa shape index (κ3) is 5.19. The Bertz CT molecular complexity index is 403. The van der Waals surface area contributed by atoms with Crippen molar-refractivity contribution in [3.63, 3.8) is 0 Å². The lowest BCUT2D eigenvalue weighted by atomic mass is 10.1. The number of hydrogen-bond acceptors (Lipinski definition) is 3. The van der Waals surface area contributed by atoms with Gasteiger partial charge in [-0.1, -0.05) is 31.5 Å². The summed E-state index contributed by atoms with van der Waals surface area (Å²) in [4.78, 5) is 11.5. The van der Waals surface area contributed by atoms with Gasteiger partial charge in [0.1, 0.15) is 5.75 Å². The maximum absolute atomic E-state index is 11.5. The molecule has 0 saturated heterocycles. The van der Waals surface area contributed by atoms with Crippen LogP contribution in [0.4, 0.5) is 0 Å². The first kappa shape index (κ1) is 14.5. The first-order valence-corrected chi connectivity index (χ1v) is 6.25. The van der Waals surface area contributed by atoms with Crippen molar-refractivity contribution in [2.24, 2.45) is 5.92 Å². The Kier molecular flexibility index (Phi) is 5.65. The monoisotopic (exact) mass is 250 g/mol. The minimum absolute atomic E-state index is 0.0177. The minimum Gasteiger partial charge on any atom is -0.508 e. The average molecular weight is 250 g/mol. The molecule has 1 amide bonds. The van der Waals surface area contributed by atoms with Gasteiger partial charge in [-0.2, -0.15) is 0 Å². The molecular weight excluding hydrogens is 228 g/mol. The standard InChI is InChI=1S/C14H22N2O2/c1-10(2)7-16-14(18)9-15-8-12-6-11(3)4-5-13(12)17/h4-6,10,15,17H,7-9H2,1-3H3,(H,16,18). The van der Waals surface area contributed by atoms with Crippen LogP contribution >= 0.6 is 0 Å². The quantitative estimate of drug-likeness (QED) is 0.718. The smallest absolute Gasteiger partial charge is 0.233 e. The predicted molar refractivity (Wildman–Crippen MR) is 72.4 cm³/mol. The van der Waals surface area contributed by atoms with Gasteiger partial charge in [0.05, 0.1) is 6.54 Å². The van der Waals surface area contributed by atoms with Crippen LogP contribution in [-0.4, -0.2) is 24.1 Å². The van der Waals surface area contributed by atoms with E-state index in [1.165, 1.54) is 0 Å². The zero-order chi connectivity index (χ0) is 13.5. The number of phenolic OH excluding ortho intramolecular Hbond substituents is 1. The number of carbonyl (C=O) groups is 1. The van der Waals surface area contributed by atoms with Gasteiger partial charge in [0, 0.05) is 18.7 Å². The lowest BCUT2D eigenvalue weighted by Gasteiger charge is -2.09. The van der Waals surface area contributed by atoms with Crippen LogP contribution < -0.4 is 10.6 Å². The van der Waals surface area contributed by atoms with Crippen molar-refractivity contribution in [2.75, 3.05) is 13.1 Å². The summed E-state index contributed by atoms with van der Waals surface area (Å²) in [5.41, 5.74) is 1.90. The summed E-state index contributed by atoms with van der Waals surface area (Å²) < 4.78 is 0. The van der Waals surface area contributed by atoms with Gasteiger partial charge in [0.15, 0.2) is 0 Å². The number of carbonyl (C=O) groups excluding carboxylic acids is 1. The summed E-state index contributed by atoms with van der Waals surface area (Å²) in [6, 6.07) is 5.44. The zero-order valence-electron chi connectivity index (χ0n) is 11.3. The van der Waals surface area contributed by atoms with Crippen LogP contribution in [0.25, 0.3) is 0 Å². The van der Waals surface area contributed by atoms with Gasteiger partial charge >= 0.3 is 0 Å². The van der Waals surface area contributed by atoms with Crippen molar-refractivity contribution in [1.29, 1.82) is 0 Å². The lowest BCUT2D eigenvalue weighted by molar-refractivity contribution is -0.120. The molecule has 0 aromatic heterocycles. The van der Waals surface area contributed by atoms with E-state index in [-0.39, 0.29) is 18.2 Å². The second-order valence-electron chi connectivity index (χ2n) is 4.93. The van der Waals surface area contributed by atoms with Crippen LogP contribution in [0, 0.1) is 12.8 Å². The molecule has 0 radical (unpaired) electrons. The molecule has 0 aliphatic rings. The number of rotatable bonds is 6. The Labute approximate surface area is 108 Å². The molecule has 100 valence electrons. The highest BCUT2D eigenvalue weighted by Gasteiger charge is 2.04. The zero-order valence-corrected chi connectivity index (χ0v) is 11.3. The molecule has 0 saturated carbocycles. The molecule has 1 aromatic carbocycles. The first-order valence-electron chi connectivity index (χ1n) is 6.25. The summed E-state index contributed by atoms with van der Waals surface area (Å²) in [6.07, 6.45) is 0. The predicted octanol–water partition coefficient (Wildman–Crippen LogP) is 1.56. The molecular formula is C14H22N2O2. The number of aromatic hydroxyl groups is 1. The van der Waals surface area contributed by atoms with Crippen LogP contribution in [0.1, 0.15) is 25.0 Å². The fourth-order valence-electron chi connectivity index (χ4n) is 1.55. The topological polar surface area (TPSA) is 61.4 Å². The molecule has 0 spiro atoms. The molecule has 1 rings (SSSR count). The highest BCUT2D eigenvalue weighted by Crippen LogP contribution is 2.17. The van der Waals surface area contributed by atoms with Crippen LogP contribution in [0.3, 0.4) is 0 Å². The van der Waals surface area contributed by atoms with E-state index in [1.54, 1.807) is 6.07 Å². The van der Waals surface area contributed by atoms with E-state index in [0.717, 1.165) is 11.1 Å². The molecule has 4 nitrogen and oxygen atoms in total. The van der Waals surface area contributed by atoms with Crippen LogP contribution in [0.5, 0.6) is 5.75 Å². The third-order valence-electron chi connectivity index (χ3n) is 2.54. The lowest BCUT2D eigenvalue weighted by Crippen LogP contribution is -2.35. The molecule has 1 aromatic rings. The fraction of sp³-hybridized carbons (Fsp3) is 0.500. The largest absolute Gasteiger partial charge is 0.508 e. The number of hydrogen-bond donors (Lipinski definition) is 3. The number of nitrogens with one attached hydrogen (secondary N) is 2. The van der Waals surface area contributed by atoms with Crippen LogP contribution in [0.15, 0.2) is 18.2 Å². The number of aryl methyl sites for hydroxylation is 1. The molecule has 0 aliphatic heterocycles. The summed E-state index contributed by atoms with van der Waals surface area (Å²) in [7, 11) is 0. The molecule has 4 heteroatoms. The van der Waals surface area contributed by atoms with Gasteiger partial charge in [0.25, 0.3) is 0 Å². The molecule has 18 heavy (non-hydrogen) atoms. The van der Waals surface area contributed by atoms with E-state index in [0.29, 0.717) is 19.0 Å². The second-order valence-corrected chi connectivity index (χ2v) is 4.93. The SMILES string of the molecule is Cc1ccc(O)c(CNCC(=O)NCC(C)C)c1. The van der Waals surface area contributed by atoms with Crippen LogP contribution in [0.2, 0.25) is 0 Å². The van der Waals surface area contributed by atoms with E-state index in [4.69, 9.17) is 0 Å². The molecule has 0 fully saturated rings. The van der Waals surface area contributed by atoms with Crippen molar-refractivity contribution in [3.8, 4) is 5.75 Å². The summed E-state index contributed by atoms with van der Waals surface area (Å²) in [5, 5.41) is 15.5. The first-order chi connectivity index (χ1) is 8.49. The van der Waals surface area contributed by atoms with Gasteiger partial charge in [-0.25, -0.2) is 0 Å². The van der Waals surface area contributed by atoms with Crippen molar-refractivity contribution < 1.29 is 9.90 Å². The van der Waals surface area contributed by atoms with E-state index in [1.807, 2.05) is 19.1 Å². The molecule has 0 aliphatic carbocycles. The van der Waals surface area contributed by atoms with E-state index in [9.17, 15) is 9.90 Å². The van der Waals surface area contributed by atoms with Crippen molar-refractivity contribution in [3.05, 3.63) is 29.3 Å². The Morgan fingerprint density at radius 1 is 1.39 bits per heavy atom. The molecule has 0 atom stereocenters. The van der Waals surface area contributed by atoms with Gasteiger partial charge in [-0.15, -0.1) is 0 Å². The van der Waals surface area contributed by atoms with Gasteiger partial charge in [-0.05, 0) is 18.9 Å². The molecule has 0 bridgehead atoms. The van der Waals surface area contributed by atoms with Crippen molar-refractivity contribution in [2.45, 2.75) is 27.3 Å². The Hall–Kier alpha value is -1.55. The Balaban J connectivity index is 2.33. The molecule has 0 heterocycles. The number of benzene rings is 1. The highest BCUT2D eigenvalue weighted by molar-refractivity contribution is 5.77. The maximum Gasteiger partial charge on any atom is 0.233 e. The number of amides is 1. The van der Waals surface area contributed by atoms with E-state index in [2.05, 4.69) is 24.5 Å². The number of phenols is 1. The summed E-state index contributed by atoms with van der Waals surface area (Å²) in [5.74, 6) is 0.696. The second kappa shape index (κ2) is 7.01. The summed E-state index contributed by atoms with van der Waals surface area (Å²) in [6.45, 7) is 7.52. The van der Waals surface area contributed by atoms with Gasteiger partial charge in [0.2, 0.25) is 5.91 Å². The van der Waals surface area contributed by atoms with E-state index >= 15 is 0 Å². The Morgan fingerprint density at radius 3 is 2.78 bits per heavy atom. The minimum atomic E-state index is -0.0177. The van der Waals surface area contributed by atoms with Crippen LogP contribution in [-0.2, 0) is 11.3 Å². The maximum atomic E-state index is 11.5. The fourth-order valence-corrected chi connectivity index (χ4v) is 1.55. The molecule has 3 N–H and O–H groups in total. The van der Waals surface area contributed by atoms with E-state index < -0.39 is 0 Å². The van der Waals surface area contributed by atoms with Crippen molar-refractivity contribution in [1.82, 2.24) is 10.6 Å². The van der Waals surface area contributed by atoms with Gasteiger partial charge in [-0.3, -0.25) is 4.79 Å².